The average molecular weight is 390 g/mol. The van der Waals surface area contributed by atoms with E-state index in [0.717, 1.165) is 22.6 Å². The van der Waals surface area contributed by atoms with Crippen molar-refractivity contribution in [2.24, 2.45) is 0 Å². The van der Waals surface area contributed by atoms with Gasteiger partial charge < -0.3 is 5.32 Å². The Balaban J connectivity index is 1.76. The largest absolute Gasteiger partial charge is 0.350 e. The quantitative estimate of drug-likeness (QED) is 0.813. The van der Waals surface area contributed by atoms with E-state index in [9.17, 15) is 13.2 Å². The maximum atomic E-state index is 12.8. The first-order valence-electron chi connectivity index (χ1n) is 8.71. The Morgan fingerprint density at radius 2 is 1.65 bits per heavy atom. The lowest BCUT2D eigenvalue weighted by Crippen LogP contribution is -2.46. The summed E-state index contributed by atoms with van der Waals surface area (Å²) in [6.07, 6.45) is 4.30. The van der Waals surface area contributed by atoms with Gasteiger partial charge in [0.2, 0.25) is 0 Å². The third-order valence-electron chi connectivity index (χ3n) is 4.98. The van der Waals surface area contributed by atoms with Crippen molar-refractivity contribution in [3.8, 4) is 0 Å². The van der Waals surface area contributed by atoms with Crippen molar-refractivity contribution in [3.05, 3.63) is 60.2 Å². The van der Waals surface area contributed by atoms with Gasteiger partial charge in [-0.3, -0.25) is 4.79 Å². The van der Waals surface area contributed by atoms with Gasteiger partial charge in [0, 0.05) is 22.6 Å². The summed E-state index contributed by atoms with van der Waals surface area (Å²) >= 11 is 1.53. The molecule has 1 fully saturated rings. The Morgan fingerprint density at radius 1 is 1.04 bits per heavy atom. The Bertz CT molecular complexity index is 873. The maximum Gasteiger partial charge on any atom is 0.252 e. The normalized spacial score (nSPS) is 16.3. The van der Waals surface area contributed by atoms with Gasteiger partial charge in [-0.15, -0.1) is 0 Å². The summed E-state index contributed by atoms with van der Waals surface area (Å²) in [6, 6.07) is 17.3. The molecule has 138 valence electrons. The summed E-state index contributed by atoms with van der Waals surface area (Å²) in [4.78, 5) is 14.7. The van der Waals surface area contributed by atoms with E-state index in [1.54, 1.807) is 6.07 Å². The summed E-state index contributed by atoms with van der Waals surface area (Å²) in [7, 11) is -3.22. The van der Waals surface area contributed by atoms with Gasteiger partial charge in [-0.05, 0) is 37.1 Å². The molecule has 1 amide bonds. The summed E-state index contributed by atoms with van der Waals surface area (Å²) in [6.45, 7) is 0.176. The molecule has 3 rings (SSSR count). The lowest BCUT2D eigenvalue weighted by atomic mass is 10.1. The highest BCUT2D eigenvalue weighted by atomic mass is 32.2. The molecule has 0 aromatic heterocycles. The summed E-state index contributed by atoms with van der Waals surface area (Å²) in [5.74, 6) is -0.223. The molecule has 4 nitrogen and oxygen atoms in total. The molecule has 1 aliphatic rings. The Labute approximate surface area is 159 Å². The second kappa shape index (κ2) is 7.84. The van der Waals surface area contributed by atoms with Gasteiger partial charge >= 0.3 is 0 Å². The molecular weight excluding hydrogens is 366 g/mol. The van der Waals surface area contributed by atoms with Crippen molar-refractivity contribution in [3.63, 3.8) is 0 Å². The van der Waals surface area contributed by atoms with Crippen LogP contribution in [0.15, 0.2) is 64.4 Å². The number of benzene rings is 2. The van der Waals surface area contributed by atoms with Gasteiger partial charge in [0.15, 0.2) is 9.84 Å². The average Bonchev–Trinajstić information content (AvgIpc) is 3.11. The van der Waals surface area contributed by atoms with Gasteiger partial charge in [-0.2, -0.15) is 0 Å². The van der Waals surface area contributed by atoms with E-state index in [0.29, 0.717) is 18.4 Å². The molecule has 1 saturated carbocycles. The van der Waals surface area contributed by atoms with Crippen LogP contribution >= 0.6 is 11.8 Å². The summed E-state index contributed by atoms with van der Waals surface area (Å²) in [5, 5.41) is 2.88. The van der Waals surface area contributed by atoms with E-state index in [1.807, 2.05) is 48.5 Å². The van der Waals surface area contributed by atoms with E-state index in [1.165, 1.54) is 18.0 Å². The number of hydrogen-bond donors (Lipinski definition) is 1. The number of hydrogen-bond acceptors (Lipinski definition) is 4. The van der Waals surface area contributed by atoms with E-state index in [-0.39, 0.29) is 12.5 Å². The second-order valence-electron chi connectivity index (χ2n) is 6.76. The topological polar surface area (TPSA) is 63.2 Å². The van der Waals surface area contributed by atoms with Crippen LogP contribution in [0.4, 0.5) is 0 Å². The SMILES string of the molecule is CS(=O)(=O)C1(CNC(=O)c2ccccc2Sc2ccccc2)CCCC1. The molecule has 26 heavy (non-hydrogen) atoms. The van der Waals surface area contributed by atoms with Crippen molar-refractivity contribution in [1.29, 1.82) is 0 Å². The van der Waals surface area contributed by atoms with Crippen LogP contribution in [-0.2, 0) is 9.84 Å². The predicted molar refractivity (Wildman–Crippen MR) is 105 cm³/mol. The maximum absolute atomic E-state index is 12.8. The van der Waals surface area contributed by atoms with Crippen molar-refractivity contribution >= 4 is 27.5 Å². The minimum atomic E-state index is -3.22. The van der Waals surface area contributed by atoms with Crippen molar-refractivity contribution in [2.45, 2.75) is 40.2 Å². The molecule has 1 N–H and O–H groups in total. The zero-order chi connectivity index (χ0) is 18.6. The fourth-order valence-corrected chi connectivity index (χ4v) is 5.72. The number of amides is 1. The zero-order valence-corrected chi connectivity index (χ0v) is 16.4. The van der Waals surface area contributed by atoms with Crippen LogP contribution in [0.5, 0.6) is 0 Å². The Hall–Kier alpha value is -1.79. The fraction of sp³-hybridized carbons (Fsp3) is 0.350. The van der Waals surface area contributed by atoms with Gasteiger partial charge in [-0.25, -0.2) is 8.42 Å². The molecular formula is C20H23NO3S2. The van der Waals surface area contributed by atoms with Crippen molar-refractivity contribution in [2.75, 3.05) is 12.8 Å². The van der Waals surface area contributed by atoms with Crippen LogP contribution in [0, 0.1) is 0 Å². The lowest BCUT2D eigenvalue weighted by molar-refractivity contribution is 0.0946. The number of rotatable bonds is 6. The third-order valence-corrected chi connectivity index (χ3v) is 8.18. The molecule has 6 heteroatoms. The van der Waals surface area contributed by atoms with Gasteiger partial charge in [0.1, 0.15) is 0 Å². The second-order valence-corrected chi connectivity index (χ2v) is 10.3. The van der Waals surface area contributed by atoms with Crippen LogP contribution in [-0.4, -0.2) is 31.9 Å². The molecule has 1 aliphatic carbocycles. The molecule has 0 saturated heterocycles. The molecule has 0 bridgehead atoms. The molecule has 0 atom stereocenters. The summed E-state index contributed by atoms with van der Waals surface area (Å²) in [5.41, 5.74) is 0.572. The van der Waals surface area contributed by atoms with Crippen LogP contribution in [0.2, 0.25) is 0 Å². The first-order chi connectivity index (χ1) is 12.4. The molecule has 0 aliphatic heterocycles. The van der Waals surface area contributed by atoms with E-state index >= 15 is 0 Å². The standard InChI is InChI=1S/C20H23NO3S2/c1-26(23,24)20(13-7-8-14-20)15-21-19(22)17-11-5-6-12-18(17)25-16-9-3-2-4-10-16/h2-6,9-12H,7-8,13-15H2,1H3,(H,21,22). The monoisotopic (exact) mass is 389 g/mol. The molecule has 0 radical (unpaired) electrons. The van der Waals surface area contributed by atoms with Crippen molar-refractivity contribution < 1.29 is 13.2 Å². The van der Waals surface area contributed by atoms with E-state index in [2.05, 4.69) is 5.32 Å². The van der Waals surface area contributed by atoms with Gasteiger partial charge in [-0.1, -0.05) is 54.9 Å². The highest BCUT2D eigenvalue weighted by Crippen LogP contribution is 2.36. The Kier molecular flexibility index (Phi) is 5.73. The highest BCUT2D eigenvalue weighted by molar-refractivity contribution is 7.99. The van der Waals surface area contributed by atoms with Gasteiger partial charge in [0.05, 0.1) is 10.3 Å². The number of nitrogens with one attached hydrogen (secondary N) is 1. The molecule has 0 unspecified atom stereocenters. The Morgan fingerprint density at radius 3 is 2.31 bits per heavy atom. The lowest BCUT2D eigenvalue weighted by Gasteiger charge is -2.27. The summed E-state index contributed by atoms with van der Waals surface area (Å²) < 4.78 is 23.7. The molecule has 2 aromatic rings. The van der Waals surface area contributed by atoms with E-state index < -0.39 is 14.6 Å². The molecule has 0 spiro atoms. The van der Waals surface area contributed by atoms with Crippen LogP contribution in [0.3, 0.4) is 0 Å². The minimum absolute atomic E-state index is 0.176. The first-order valence-corrected chi connectivity index (χ1v) is 11.4. The fourth-order valence-electron chi connectivity index (χ4n) is 3.39. The third kappa shape index (κ3) is 4.13. The van der Waals surface area contributed by atoms with Crippen LogP contribution in [0.25, 0.3) is 0 Å². The zero-order valence-electron chi connectivity index (χ0n) is 14.8. The predicted octanol–water partition coefficient (Wildman–Crippen LogP) is 3.93. The van der Waals surface area contributed by atoms with Gasteiger partial charge in [0.25, 0.3) is 5.91 Å². The van der Waals surface area contributed by atoms with E-state index in [4.69, 9.17) is 0 Å². The first kappa shape index (κ1) is 19.0. The number of carbonyl (C=O) groups is 1. The number of carbonyl (C=O) groups excluding carboxylic acids is 1. The number of sulfone groups is 1. The minimum Gasteiger partial charge on any atom is -0.350 e. The molecule has 0 heterocycles. The van der Waals surface area contributed by atoms with Crippen LogP contribution in [0.1, 0.15) is 36.0 Å². The smallest absolute Gasteiger partial charge is 0.252 e. The van der Waals surface area contributed by atoms with Crippen molar-refractivity contribution in [1.82, 2.24) is 5.32 Å². The molecule has 2 aromatic carbocycles. The highest BCUT2D eigenvalue weighted by Gasteiger charge is 2.43. The van der Waals surface area contributed by atoms with Crippen LogP contribution < -0.4 is 5.32 Å².